The topological polar surface area (TPSA) is 15.3 Å². The summed E-state index contributed by atoms with van der Waals surface area (Å²) in [7, 11) is 0. The van der Waals surface area contributed by atoms with Crippen LogP contribution in [0.25, 0.3) is 0 Å². The molecule has 0 heterocycles. The molecule has 5 aliphatic carbocycles. The molecular formula is C20H37Bi3N2. The molecule has 2 nitrogen and oxygen atoms in total. The maximum absolute atomic E-state index is 4.63. The molecule has 0 radical (unpaired) electrons. The maximum atomic E-state index is 4.63. The van der Waals surface area contributed by atoms with Crippen molar-refractivity contribution < 1.29 is 0 Å². The monoisotopic (exact) mass is 932 g/mol. The molecule has 0 spiro atoms. The third kappa shape index (κ3) is 4.23. The van der Waals surface area contributed by atoms with Crippen LogP contribution in [0.1, 0.15) is 96.3 Å². The average molecular weight is 932 g/mol. The second kappa shape index (κ2) is 9.15. The van der Waals surface area contributed by atoms with Gasteiger partial charge in [0.25, 0.3) is 0 Å². The Hall–Kier alpha value is 2.57. The second-order valence-corrected chi connectivity index (χ2v) is 45.6. The van der Waals surface area contributed by atoms with Gasteiger partial charge in [-0.3, -0.25) is 0 Å². The SMILES string of the molecule is C1CC([N]([BiH][NH][Bi]([CH]2CCC2)[CH]2CCC2)[Bi]([CH]2CCC2)[CH]2CCC2)C1. The molecule has 0 unspecified atom stereocenters. The van der Waals surface area contributed by atoms with Gasteiger partial charge in [0.05, 0.1) is 0 Å². The Morgan fingerprint density at radius 2 is 1.04 bits per heavy atom. The Morgan fingerprint density at radius 1 is 0.600 bits per heavy atom. The summed E-state index contributed by atoms with van der Waals surface area (Å²) in [5.74, 6) is 0. The van der Waals surface area contributed by atoms with Crippen LogP contribution >= 0.6 is 0 Å². The van der Waals surface area contributed by atoms with E-state index in [1.807, 2.05) is 0 Å². The molecular weight excluding hydrogens is 895 g/mol. The Labute approximate surface area is 184 Å². The van der Waals surface area contributed by atoms with E-state index >= 15 is 0 Å². The second-order valence-electron chi connectivity index (χ2n) is 9.28. The minimum absolute atomic E-state index is 0.681. The molecule has 1 N–H and O–H groups in total. The Morgan fingerprint density at radius 3 is 1.36 bits per heavy atom. The zero-order chi connectivity index (χ0) is 16.6. The summed E-state index contributed by atoms with van der Waals surface area (Å²) in [5.41, 5.74) is 0. The number of rotatable bonds is 9. The van der Waals surface area contributed by atoms with Gasteiger partial charge >= 0.3 is 187 Å². The molecule has 142 valence electrons. The van der Waals surface area contributed by atoms with Crippen molar-refractivity contribution in [3.8, 4) is 0 Å². The summed E-state index contributed by atoms with van der Waals surface area (Å²) < 4.78 is 13.3. The van der Waals surface area contributed by atoms with Gasteiger partial charge in [-0.1, -0.05) is 0 Å². The molecule has 0 aliphatic heterocycles. The quantitative estimate of drug-likeness (QED) is 0.332. The zero-order valence-corrected chi connectivity index (χ0v) is 26.7. The van der Waals surface area contributed by atoms with Gasteiger partial charge in [-0.05, 0) is 0 Å². The van der Waals surface area contributed by atoms with Crippen molar-refractivity contribution in [2.45, 2.75) is 117 Å². The first-order chi connectivity index (χ1) is 12.4. The van der Waals surface area contributed by atoms with Crippen molar-refractivity contribution in [2.75, 3.05) is 0 Å². The summed E-state index contributed by atoms with van der Waals surface area (Å²) in [6, 6.07) is 1.13. The molecule has 0 atom stereocenters. The molecule has 0 amide bonds. The van der Waals surface area contributed by atoms with E-state index in [0.717, 1.165) is 6.04 Å². The number of hydrogen-bond donors (Lipinski definition) is 1. The molecule has 5 rings (SSSR count). The van der Waals surface area contributed by atoms with Crippen molar-refractivity contribution in [3.63, 3.8) is 0 Å². The van der Waals surface area contributed by atoms with Gasteiger partial charge in [0.2, 0.25) is 0 Å². The third-order valence-corrected chi connectivity index (χ3v) is 58.2. The number of nitrogens with one attached hydrogen (secondary N) is 1. The van der Waals surface area contributed by atoms with Crippen molar-refractivity contribution in [1.29, 1.82) is 0 Å². The van der Waals surface area contributed by atoms with E-state index < -0.39 is 67.9 Å². The van der Waals surface area contributed by atoms with E-state index in [2.05, 4.69) is 1.99 Å². The first kappa shape index (κ1) is 19.5. The van der Waals surface area contributed by atoms with E-state index in [9.17, 15) is 0 Å². The number of nitrogens with zero attached hydrogens (tertiary/aromatic N) is 1. The minimum atomic E-state index is -1.37. The van der Waals surface area contributed by atoms with E-state index in [1.165, 1.54) is 14.5 Å². The van der Waals surface area contributed by atoms with Crippen molar-refractivity contribution >= 4 is 67.9 Å². The first-order valence-electron chi connectivity index (χ1n) is 11.3. The number of hydrogen-bond acceptors (Lipinski definition) is 2. The van der Waals surface area contributed by atoms with Gasteiger partial charge in [-0.15, -0.1) is 0 Å². The van der Waals surface area contributed by atoms with Crippen LogP contribution in [0.15, 0.2) is 0 Å². The van der Waals surface area contributed by atoms with Gasteiger partial charge < -0.3 is 0 Å². The molecule has 0 aromatic heterocycles. The van der Waals surface area contributed by atoms with Crippen LogP contribution in [0.2, 0.25) is 14.5 Å². The van der Waals surface area contributed by atoms with Gasteiger partial charge in [-0.2, -0.15) is 0 Å². The fourth-order valence-corrected chi connectivity index (χ4v) is 81.5. The summed E-state index contributed by atoms with van der Waals surface area (Å²) in [4.78, 5) is 0. The first-order valence-corrected chi connectivity index (χ1v) is 26.3. The normalized spacial score (nSPS) is 29.4. The molecule has 0 aromatic carbocycles. The predicted octanol–water partition coefficient (Wildman–Crippen LogP) is 4.90. The van der Waals surface area contributed by atoms with Gasteiger partial charge in [0.15, 0.2) is 0 Å². The van der Waals surface area contributed by atoms with E-state index in [0.29, 0.717) is 0 Å². The molecule has 5 heteroatoms. The van der Waals surface area contributed by atoms with Crippen LogP contribution in [0, 0.1) is 0 Å². The van der Waals surface area contributed by atoms with Crippen LogP contribution in [-0.4, -0.2) is 74.7 Å². The van der Waals surface area contributed by atoms with Crippen molar-refractivity contribution in [1.82, 2.24) is 1.99 Å². The molecule has 5 fully saturated rings. The zero-order valence-electron chi connectivity index (χ0n) is 15.8. The van der Waals surface area contributed by atoms with Crippen LogP contribution in [0.5, 0.6) is 0 Å². The van der Waals surface area contributed by atoms with Crippen LogP contribution < -0.4 is 1.20 Å². The third-order valence-electron chi connectivity index (χ3n) is 7.80. The van der Waals surface area contributed by atoms with Gasteiger partial charge in [0, 0.05) is 0 Å². The Balaban J connectivity index is 1.26. The van der Waals surface area contributed by atoms with Gasteiger partial charge in [0.1, 0.15) is 0 Å². The van der Waals surface area contributed by atoms with Gasteiger partial charge in [-0.25, -0.2) is 0 Å². The van der Waals surface area contributed by atoms with Crippen molar-refractivity contribution in [2.24, 2.45) is 0 Å². The molecule has 5 saturated carbocycles. The average Bonchev–Trinajstić information content (AvgIpc) is 2.31. The molecule has 5 aliphatic rings. The fourth-order valence-electron chi connectivity index (χ4n) is 4.84. The van der Waals surface area contributed by atoms with Crippen molar-refractivity contribution in [3.05, 3.63) is 0 Å². The summed E-state index contributed by atoms with van der Waals surface area (Å²) in [6.45, 7) is 0. The Bertz CT molecular complexity index is 414. The summed E-state index contributed by atoms with van der Waals surface area (Å²) in [5, 5.41) is 0. The van der Waals surface area contributed by atoms with E-state index in [-0.39, 0.29) is 0 Å². The summed E-state index contributed by atoms with van der Waals surface area (Å²) in [6.07, 6.45) is 24.4. The standard InChI is InChI=1S/C4H7N.4C4H7.3Bi.HN.H/c5-4-2-1-3-4;4*1-2-4-3-1;;;;;/h4H,1-3H2;4*1H,2-4H2;;;;1H;. The molecule has 0 saturated heterocycles. The summed E-state index contributed by atoms with van der Waals surface area (Å²) >= 11 is -3.38. The van der Waals surface area contributed by atoms with E-state index in [1.54, 1.807) is 96.3 Å². The van der Waals surface area contributed by atoms with E-state index in [4.69, 9.17) is 0 Å². The fraction of sp³-hybridized carbons (Fsp3) is 1.00. The van der Waals surface area contributed by atoms with Crippen LogP contribution in [-0.2, 0) is 0 Å². The molecule has 0 bridgehead atoms. The van der Waals surface area contributed by atoms with Crippen LogP contribution in [0.4, 0.5) is 0 Å². The molecule has 0 aromatic rings. The van der Waals surface area contributed by atoms with Crippen LogP contribution in [0.3, 0.4) is 0 Å². The molecule has 25 heavy (non-hydrogen) atoms. The Kier molecular flexibility index (Phi) is 7.15. The predicted molar refractivity (Wildman–Crippen MR) is 112 cm³/mol.